The molecular weight excluding hydrogens is 640 g/mol. The molecule has 2 atom stereocenters. The average Bonchev–Trinajstić information content (AvgIpc) is 3.35. The van der Waals surface area contributed by atoms with Crippen molar-refractivity contribution in [2.45, 2.75) is 51.6 Å². The summed E-state index contributed by atoms with van der Waals surface area (Å²) in [6.45, 7) is 4.31. The molecule has 0 bridgehead atoms. The Morgan fingerprint density at radius 1 is 1.00 bits per heavy atom. The molecule has 3 heterocycles. The minimum atomic E-state index is -1.05. The van der Waals surface area contributed by atoms with E-state index in [0.29, 0.717) is 40.7 Å². The molecule has 5 N–H and O–H groups in total. The molecule has 6 rings (SSSR count). The van der Waals surface area contributed by atoms with Gasteiger partial charge in [0, 0.05) is 54.3 Å². The van der Waals surface area contributed by atoms with Crippen molar-refractivity contribution in [2.24, 2.45) is 0 Å². The van der Waals surface area contributed by atoms with Crippen LogP contribution in [-0.2, 0) is 14.4 Å². The van der Waals surface area contributed by atoms with E-state index in [1.807, 2.05) is 26.0 Å². The zero-order valence-electron chi connectivity index (χ0n) is 27.5. The Morgan fingerprint density at radius 3 is 2.58 bits per heavy atom. The third-order valence-electron chi connectivity index (χ3n) is 8.86. The van der Waals surface area contributed by atoms with Gasteiger partial charge in [0.25, 0.3) is 17.7 Å². The van der Waals surface area contributed by atoms with E-state index in [1.54, 1.807) is 42.6 Å². The Labute approximate surface area is 287 Å². The number of aryl methyl sites for hydroxylation is 1. The van der Waals surface area contributed by atoms with Crippen LogP contribution < -0.4 is 21.3 Å². The van der Waals surface area contributed by atoms with Crippen molar-refractivity contribution in [3.8, 4) is 5.75 Å². The van der Waals surface area contributed by atoms with E-state index >= 15 is 0 Å². The number of nitrogens with one attached hydrogen (secondary N) is 4. The lowest BCUT2D eigenvalue weighted by atomic mass is 9.93. The standard InChI is InChI=1S/C37H36N6O7/c1-3-6-29(44)41-31(27-17-20(2)24-9-5-14-39-32(24)33(27)46)21-7-4-8-22(18-21)34(47)40-16-15-38-23-10-11-25-26(19-23)37(50)43(36(25)49)28-12-13-30(45)42-35(28)48/h4-5,7-11,14,17-19,28,31,38,46H,3,6,12-13,15-16H2,1-2H3,(H,40,47)(H,41,44)(H,42,45,48). The Kier molecular flexibility index (Phi) is 9.57. The number of benzene rings is 3. The summed E-state index contributed by atoms with van der Waals surface area (Å²) in [5.74, 6) is -2.91. The van der Waals surface area contributed by atoms with Crippen molar-refractivity contribution < 1.29 is 33.9 Å². The van der Waals surface area contributed by atoms with Crippen LogP contribution >= 0.6 is 0 Å². The molecule has 13 heteroatoms. The summed E-state index contributed by atoms with van der Waals surface area (Å²) in [5, 5.41) is 23.3. The van der Waals surface area contributed by atoms with Gasteiger partial charge < -0.3 is 21.1 Å². The number of amides is 6. The molecule has 4 aromatic rings. The molecule has 1 aromatic heterocycles. The zero-order valence-corrected chi connectivity index (χ0v) is 27.5. The first-order valence-corrected chi connectivity index (χ1v) is 16.4. The lowest BCUT2D eigenvalue weighted by Crippen LogP contribution is -2.54. The molecule has 2 unspecified atom stereocenters. The number of carbonyl (C=O) groups is 6. The van der Waals surface area contributed by atoms with Crippen molar-refractivity contribution in [2.75, 3.05) is 18.4 Å². The number of imide groups is 2. The molecule has 1 saturated heterocycles. The van der Waals surface area contributed by atoms with Crippen molar-refractivity contribution in [1.82, 2.24) is 25.8 Å². The SMILES string of the molecule is CCCC(=O)NC(c1cccc(C(=O)NCCNc2ccc3c(c2)C(=O)N(C2CCC(=O)NC2=O)C3=O)c1)c1cc(C)c2cccnc2c1O. The van der Waals surface area contributed by atoms with Crippen LogP contribution in [0.5, 0.6) is 5.75 Å². The van der Waals surface area contributed by atoms with Gasteiger partial charge in [-0.05, 0) is 73.4 Å². The van der Waals surface area contributed by atoms with Gasteiger partial charge in [-0.3, -0.25) is 44.0 Å². The maximum Gasteiger partial charge on any atom is 0.262 e. The average molecular weight is 677 g/mol. The number of hydrogen-bond donors (Lipinski definition) is 5. The molecule has 6 amide bonds. The number of hydrogen-bond acceptors (Lipinski definition) is 9. The predicted octanol–water partition coefficient (Wildman–Crippen LogP) is 3.50. The second-order valence-electron chi connectivity index (χ2n) is 12.3. The van der Waals surface area contributed by atoms with E-state index in [4.69, 9.17) is 0 Å². The topological polar surface area (TPSA) is 187 Å². The number of phenolic OH excluding ortho intramolecular Hbond substituents is 1. The van der Waals surface area contributed by atoms with Crippen LogP contribution in [0.15, 0.2) is 66.9 Å². The molecule has 0 aliphatic carbocycles. The molecule has 2 aliphatic heterocycles. The summed E-state index contributed by atoms with van der Waals surface area (Å²) in [6, 6.07) is 15.2. The van der Waals surface area contributed by atoms with Gasteiger partial charge in [-0.15, -0.1) is 0 Å². The number of nitrogens with zero attached hydrogens (tertiary/aromatic N) is 2. The van der Waals surface area contributed by atoms with Gasteiger partial charge in [0.2, 0.25) is 17.7 Å². The van der Waals surface area contributed by atoms with E-state index in [9.17, 15) is 33.9 Å². The number of aromatic nitrogens is 1. The minimum Gasteiger partial charge on any atom is -0.505 e. The fourth-order valence-corrected chi connectivity index (χ4v) is 6.37. The number of phenols is 1. The highest BCUT2D eigenvalue weighted by atomic mass is 16.3. The third-order valence-corrected chi connectivity index (χ3v) is 8.86. The van der Waals surface area contributed by atoms with Crippen molar-refractivity contribution >= 4 is 52.0 Å². The molecule has 0 saturated carbocycles. The monoisotopic (exact) mass is 676 g/mol. The van der Waals surface area contributed by atoms with E-state index in [-0.39, 0.29) is 54.6 Å². The molecule has 256 valence electrons. The summed E-state index contributed by atoms with van der Waals surface area (Å²) < 4.78 is 0. The fourth-order valence-electron chi connectivity index (χ4n) is 6.37. The highest BCUT2D eigenvalue weighted by Gasteiger charge is 2.44. The lowest BCUT2D eigenvalue weighted by Gasteiger charge is -2.27. The largest absolute Gasteiger partial charge is 0.505 e. The van der Waals surface area contributed by atoms with Crippen LogP contribution in [0.4, 0.5) is 5.69 Å². The fraction of sp³-hybridized carbons (Fsp3) is 0.270. The van der Waals surface area contributed by atoms with Crippen molar-refractivity contribution in [3.63, 3.8) is 0 Å². The summed E-state index contributed by atoms with van der Waals surface area (Å²) in [4.78, 5) is 81.3. The summed E-state index contributed by atoms with van der Waals surface area (Å²) in [5.41, 5.74) is 3.58. The van der Waals surface area contributed by atoms with E-state index in [2.05, 4.69) is 26.3 Å². The second-order valence-corrected chi connectivity index (χ2v) is 12.3. The van der Waals surface area contributed by atoms with Gasteiger partial charge in [0.15, 0.2) is 0 Å². The van der Waals surface area contributed by atoms with Crippen molar-refractivity contribution in [1.29, 1.82) is 0 Å². The first-order chi connectivity index (χ1) is 24.1. The Bertz CT molecular complexity index is 2060. The van der Waals surface area contributed by atoms with E-state index < -0.39 is 35.7 Å². The normalized spacial score (nSPS) is 16.2. The molecule has 2 aliphatic rings. The lowest BCUT2D eigenvalue weighted by molar-refractivity contribution is -0.136. The molecule has 50 heavy (non-hydrogen) atoms. The van der Waals surface area contributed by atoms with Crippen LogP contribution in [-0.4, -0.2) is 69.6 Å². The maximum atomic E-state index is 13.2. The van der Waals surface area contributed by atoms with Crippen LogP contribution in [0.3, 0.4) is 0 Å². The van der Waals surface area contributed by atoms with Gasteiger partial charge >= 0.3 is 0 Å². The summed E-state index contributed by atoms with van der Waals surface area (Å²) in [7, 11) is 0. The number of aromatic hydroxyl groups is 1. The number of anilines is 1. The number of carbonyl (C=O) groups excluding carboxylic acids is 6. The molecule has 1 fully saturated rings. The summed E-state index contributed by atoms with van der Waals surface area (Å²) in [6.07, 6.45) is 2.63. The predicted molar refractivity (Wildman–Crippen MR) is 183 cm³/mol. The number of pyridine rings is 1. The highest BCUT2D eigenvalue weighted by Crippen LogP contribution is 2.37. The minimum absolute atomic E-state index is 0.0359. The van der Waals surface area contributed by atoms with E-state index in [1.165, 1.54) is 12.1 Å². The van der Waals surface area contributed by atoms with Crippen LogP contribution in [0.25, 0.3) is 10.9 Å². The Hall–Kier alpha value is -6.11. The first kappa shape index (κ1) is 33.8. The highest BCUT2D eigenvalue weighted by molar-refractivity contribution is 6.23. The number of rotatable bonds is 11. The van der Waals surface area contributed by atoms with Crippen LogP contribution in [0.1, 0.15) is 86.4 Å². The molecule has 13 nitrogen and oxygen atoms in total. The number of fused-ring (bicyclic) bond motifs is 2. The van der Waals surface area contributed by atoms with Crippen LogP contribution in [0.2, 0.25) is 0 Å². The summed E-state index contributed by atoms with van der Waals surface area (Å²) >= 11 is 0. The van der Waals surface area contributed by atoms with Crippen molar-refractivity contribution in [3.05, 3.63) is 100 Å². The molecule has 0 radical (unpaired) electrons. The zero-order chi connectivity index (χ0) is 35.5. The van der Waals surface area contributed by atoms with Gasteiger partial charge in [0.1, 0.15) is 17.3 Å². The first-order valence-electron chi connectivity index (χ1n) is 16.4. The molecular formula is C37H36N6O7. The third kappa shape index (κ3) is 6.62. The Balaban J connectivity index is 1.12. The van der Waals surface area contributed by atoms with Gasteiger partial charge in [-0.2, -0.15) is 0 Å². The Morgan fingerprint density at radius 2 is 1.80 bits per heavy atom. The van der Waals surface area contributed by atoms with Gasteiger partial charge in [-0.25, -0.2) is 0 Å². The second kappa shape index (κ2) is 14.2. The molecule has 0 spiro atoms. The van der Waals surface area contributed by atoms with Gasteiger partial charge in [-0.1, -0.05) is 25.1 Å². The quantitative estimate of drug-likeness (QED) is 0.117. The molecule has 3 aromatic carbocycles. The maximum absolute atomic E-state index is 13.2. The number of piperidine rings is 1. The van der Waals surface area contributed by atoms with E-state index in [0.717, 1.165) is 15.8 Å². The van der Waals surface area contributed by atoms with Crippen LogP contribution in [0, 0.1) is 6.92 Å². The van der Waals surface area contributed by atoms with Gasteiger partial charge in [0.05, 0.1) is 17.2 Å². The smallest absolute Gasteiger partial charge is 0.262 e.